The van der Waals surface area contributed by atoms with E-state index in [-0.39, 0.29) is 24.0 Å². The summed E-state index contributed by atoms with van der Waals surface area (Å²) in [4.78, 5) is 13.7. The fraction of sp³-hybridized carbons (Fsp3) is 0.611. The molecule has 0 radical (unpaired) electrons. The minimum atomic E-state index is -3.83. The highest BCUT2D eigenvalue weighted by Gasteiger charge is 2.36. The Bertz CT molecular complexity index is 776. The van der Waals surface area contributed by atoms with Crippen molar-refractivity contribution < 1.29 is 23.1 Å². The van der Waals surface area contributed by atoms with Crippen LogP contribution < -0.4 is 4.74 Å². The Morgan fingerprint density at radius 2 is 1.85 bits per heavy atom. The predicted octanol–water partition coefficient (Wildman–Crippen LogP) is 1.73. The molecule has 2 atom stereocenters. The molecule has 1 heterocycles. The van der Waals surface area contributed by atoms with E-state index in [2.05, 4.69) is 0 Å². The summed E-state index contributed by atoms with van der Waals surface area (Å²) < 4.78 is 33.3. The van der Waals surface area contributed by atoms with Gasteiger partial charge in [-0.1, -0.05) is 6.07 Å². The van der Waals surface area contributed by atoms with E-state index in [1.165, 1.54) is 17.5 Å². The SMILES string of the molecule is COc1cc(S(=O)(=O)N2C[C@@H](C(=O)O)CC[C@@H](N(C)C)C2)c(C)cc1C. The molecule has 7 nitrogen and oxygen atoms in total. The van der Waals surface area contributed by atoms with Crippen molar-refractivity contribution in [3.05, 3.63) is 23.3 Å². The maximum absolute atomic E-state index is 13.3. The molecule has 1 aliphatic heterocycles. The van der Waals surface area contributed by atoms with E-state index in [0.29, 0.717) is 24.2 Å². The Balaban J connectivity index is 2.49. The van der Waals surface area contributed by atoms with Gasteiger partial charge in [-0.05, 0) is 51.9 Å². The van der Waals surface area contributed by atoms with Crippen LogP contribution in [0.5, 0.6) is 5.75 Å². The van der Waals surface area contributed by atoms with Crippen LogP contribution in [-0.4, -0.2) is 69.0 Å². The second-order valence-electron chi connectivity index (χ2n) is 7.14. The van der Waals surface area contributed by atoms with Gasteiger partial charge >= 0.3 is 5.97 Å². The van der Waals surface area contributed by atoms with E-state index in [9.17, 15) is 18.3 Å². The van der Waals surface area contributed by atoms with Crippen molar-refractivity contribution in [1.82, 2.24) is 9.21 Å². The molecule has 1 aromatic rings. The monoisotopic (exact) mass is 384 g/mol. The number of rotatable bonds is 5. The zero-order chi connectivity index (χ0) is 19.6. The van der Waals surface area contributed by atoms with Gasteiger partial charge in [0.05, 0.1) is 17.9 Å². The van der Waals surface area contributed by atoms with Crippen LogP contribution >= 0.6 is 0 Å². The lowest BCUT2D eigenvalue weighted by atomic mass is 10.0. The van der Waals surface area contributed by atoms with Crippen molar-refractivity contribution in [2.24, 2.45) is 5.92 Å². The second-order valence-corrected chi connectivity index (χ2v) is 9.05. The van der Waals surface area contributed by atoms with Crippen LogP contribution in [0.4, 0.5) is 0 Å². The number of sulfonamides is 1. The molecule has 1 aromatic carbocycles. The van der Waals surface area contributed by atoms with E-state index in [1.54, 1.807) is 13.0 Å². The topological polar surface area (TPSA) is 87.2 Å². The molecule has 0 spiro atoms. The molecule has 1 N–H and O–H groups in total. The number of hydrogen-bond acceptors (Lipinski definition) is 5. The van der Waals surface area contributed by atoms with Gasteiger partial charge < -0.3 is 14.7 Å². The molecule has 0 aromatic heterocycles. The second kappa shape index (κ2) is 7.94. The average molecular weight is 384 g/mol. The largest absolute Gasteiger partial charge is 0.496 e. The van der Waals surface area contributed by atoms with Crippen LogP contribution in [0.25, 0.3) is 0 Å². The third kappa shape index (κ3) is 4.19. The van der Waals surface area contributed by atoms with Crippen molar-refractivity contribution in [2.75, 3.05) is 34.3 Å². The van der Waals surface area contributed by atoms with Crippen LogP contribution in [-0.2, 0) is 14.8 Å². The number of carbonyl (C=O) groups is 1. The third-order valence-electron chi connectivity index (χ3n) is 5.08. The predicted molar refractivity (Wildman–Crippen MR) is 99.1 cm³/mol. The summed E-state index contributed by atoms with van der Waals surface area (Å²) in [6, 6.07) is 3.29. The van der Waals surface area contributed by atoms with Gasteiger partial charge in [0.1, 0.15) is 5.75 Å². The number of nitrogens with zero attached hydrogens (tertiary/aromatic N) is 2. The molecule has 0 unspecified atom stereocenters. The molecule has 0 amide bonds. The van der Waals surface area contributed by atoms with Gasteiger partial charge in [-0.25, -0.2) is 8.42 Å². The van der Waals surface area contributed by atoms with Crippen molar-refractivity contribution in [2.45, 2.75) is 37.6 Å². The van der Waals surface area contributed by atoms with Crippen LogP contribution in [0.15, 0.2) is 17.0 Å². The summed E-state index contributed by atoms with van der Waals surface area (Å²) in [6.07, 6.45) is 1.10. The van der Waals surface area contributed by atoms with Gasteiger partial charge in [0.2, 0.25) is 10.0 Å². The lowest BCUT2D eigenvalue weighted by molar-refractivity contribution is -0.142. The Hall–Kier alpha value is -1.64. The molecule has 8 heteroatoms. The van der Waals surface area contributed by atoms with Gasteiger partial charge in [0.15, 0.2) is 0 Å². The zero-order valence-electron chi connectivity index (χ0n) is 16.0. The number of aliphatic carboxylic acids is 1. The summed E-state index contributed by atoms with van der Waals surface area (Å²) >= 11 is 0. The van der Waals surface area contributed by atoms with Crippen LogP contribution in [0.1, 0.15) is 24.0 Å². The maximum atomic E-state index is 13.3. The summed E-state index contributed by atoms with van der Waals surface area (Å²) in [5, 5.41) is 9.46. The number of likely N-dealkylation sites (N-methyl/N-ethyl adjacent to an activating group) is 1. The molecular formula is C18H28N2O5S. The summed E-state index contributed by atoms with van der Waals surface area (Å²) in [5.74, 6) is -1.16. The molecule has 1 aliphatic rings. The number of methoxy groups -OCH3 is 1. The van der Waals surface area contributed by atoms with Gasteiger partial charge in [0.25, 0.3) is 0 Å². The van der Waals surface area contributed by atoms with Crippen LogP contribution in [0.2, 0.25) is 0 Å². The number of aryl methyl sites for hydroxylation is 2. The van der Waals surface area contributed by atoms with Gasteiger partial charge in [0, 0.05) is 25.2 Å². The van der Waals surface area contributed by atoms with Crippen molar-refractivity contribution in [1.29, 1.82) is 0 Å². The van der Waals surface area contributed by atoms with E-state index in [0.717, 1.165) is 5.56 Å². The molecule has 2 rings (SSSR count). The highest BCUT2D eigenvalue weighted by Crippen LogP contribution is 2.30. The van der Waals surface area contributed by atoms with E-state index in [4.69, 9.17) is 4.74 Å². The van der Waals surface area contributed by atoms with Crippen molar-refractivity contribution in [3.63, 3.8) is 0 Å². The molecule has 26 heavy (non-hydrogen) atoms. The first-order valence-electron chi connectivity index (χ1n) is 8.62. The van der Waals surface area contributed by atoms with Crippen molar-refractivity contribution in [3.8, 4) is 5.75 Å². The summed E-state index contributed by atoms with van der Waals surface area (Å²) in [6.45, 7) is 3.86. The number of hydrogen-bond donors (Lipinski definition) is 1. The lowest BCUT2D eigenvalue weighted by Crippen LogP contribution is -2.43. The Kier molecular flexibility index (Phi) is 6.31. The van der Waals surface area contributed by atoms with E-state index < -0.39 is 21.9 Å². The first-order valence-corrected chi connectivity index (χ1v) is 10.1. The summed E-state index contributed by atoms with van der Waals surface area (Å²) in [5.41, 5.74) is 1.48. The molecular weight excluding hydrogens is 356 g/mol. The molecule has 0 saturated carbocycles. The highest BCUT2D eigenvalue weighted by atomic mass is 32.2. The first kappa shape index (κ1) is 20.7. The molecule has 0 bridgehead atoms. The van der Waals surface area contributed by atoms with E-state index in [1.807, 2.05) is 25.9 Å². The molecule has 0 aliphatic carbocycles. The standard InChI is InChI=1S/C18H28N2O5S/c1-12-8-13(2)17(9-16(12)25-5)26(23,24)20-10-14(18(21)22)6-7-15(11-20)19(3)4/h8-9,14-15H,6-7,10-11H2,1-5H3,(H,21,22)/t14-,15+/m0/s1. The van der Waals surface area contributed by atoms with Crippen LogP contribution in [0, 0.1) is 19.8 Å². The lowest BCUT2D eigenvalue weighted by Gasteiger charge is -2.28. The Morgan fingerprint density at radius 3 is 2.38 bits per heavy atom. The number of ether oxygens (including phenoxy) is 1. The normalized spacial score (nSPS) is 22.2. The maximum Gasteiger partial charge on any atom is 0.307 e. The zero-order valence-corrected chi connectivity index (χ0v) is 16.8. The fourth-order valence-electron chi connectivity index (χ4n) is 3.40. The van der Waals surface area contributed by atoms with Crippen LogP contribution in [0.3, 0.4) is 0 Å². The minimum Gasteiger partial charge on any atom is -0.496 e. The van der Waals surface area contributed by atoms with Gasteiger partial charge in [-0.2, -0.15) is 4.31 Å². The third-order valence-corrected chi connectivity index (χ3v) is 7.05. The number of carboxylic acids is 1. The summed E-state index contributed by atoms with van der Waals surface area (Å²) in [7, 11) is 1.44. The Labute approximate surface area is 155 Å². The first-order chi connectivity index (χ1) is 12.1. The minimum absolute atomic E-state index is 0.0162. The molecule has 1 fully saturated rings. The van der Waals surface area contributed by atoms with Crippen molar-refractivity contribution >= 4 is 16.0 Å². The average Bonchev–Trinajstić information content (AvgIpc) is 2.78. The Morgan fingerprint density at radius 1 is 1.19 bits per heavy atom. The molecule has 1 saturated heterocycles. The quantitative estimate of drug-likeness (QED) is 0.832. The number of benzene rings is 1. The van der Waals surface area contributed by atoms with E-state index >= 15 is 0 Å². The smallest absolute Gasteiger partial charge is 0.307 e. The highest BCUT2D eigenvalue weighted by molar-refractivity contribution is 7.89. The fourth-order valence-corrected chi connectivity index (χ4v) is 5.15. The number of carboxylic acid groups (broad SMARTS) is 1. The van der Waals surface area contributed by atoms with Gasteiger partial charge in [-0.3, -0.25) is 4.79 Å². The molecule has 146 valence electrons. The van der Waals surface area contributed by atoms with Gasteiger partial charge in [-0.15, -0.1) is 0 Å².